The summed E-state index contributed by atoms with van der Waals surface area (Å²) in [4.78, 5) is 18.4. The average molecular weight is 341 g/mol. The van der Waals surface area contributed by atoms with Crippen molar-refractivity contribution in [1.82, 2.24) is 9.97 Å². The van der Waals surface area contributed by atoms with Crippen molar-refractivity contribution in [2.45, 2.75) is 18.4 Å². The summed E-state index contributed by atoms with van der Waals surface area (Å²) in [5, 5.41) is 9.37. The summed E-state index contributed by atoms with van der Waals surface area (Å²) in [7, 11) is 0. The molecule has 2 aromatic rings. The third kappa shape index (κ3) is 4.04. The van der Waals surface area contributed by atoms with Gasteiger partial charge in [-0.2, -0.15) is 5.26 Å². The van der Waals surface area contributed by atoms with Gasteiger partial charge in [-0.15, -0.1) is 13.2 Å². The molecule has 9 heteroatoms. The van der Waals surface area contributed by atoms with Gasteiger partial charge in [-0.3, -0.25) is 4.79 Å². The normalized spacial score (nSPS) is 11.1. The van der Waals surface area contributed by atoms with Crippen LogP contribution in [0, 0.1) is 18.3 Å². The second-order valence-corrected chi connectivity index (χ2v) is 5.29. The molecule has 0 bridgehead atoms. The van der Waals surface area contributed by atoms with Crippen molar-refractivity contribution in [3.05, 3.63) is 39.7 Å². The molecule has 1 N–H and O–H groups in total. The third-order valence-electron chi connectivity index (χ3n) is 2.76. The van der Waals surface area contributed by atoms with Gasteiger partial charge in [0.05, 0.1) is 5.69 Å². The van der Waals surface area contributed by atoms with Crippen molar-refractivity contribution < 1.29 is 17.9 Å². The number of nitrogens with one attached hydrogen (secondary N) is 1. The number of aromatic amines is 1. The van der Waals surface area contributed by atoms with Crippen LogP contribution in [0.1, 0.15) is 11.1 Å². The molecule has 0 amide bonds. The molecule has 0 fully saturated rings. The molecule has 0 saturated heterocycles. The summed E-state index contributed by atoms with van der Waals surface area (Å²) in [6.07, 6.45) is -3.17. The van der Waals surface area contributed by atoms with Crippen molar-refractivity contribution in [2.75, 3.05) is 6.26 Å². The van der Waals surface area contributed by atoms with Gasteiger partial charge in [0, 0.05) is 5.56 Å². The second kappa shape index (κ2) is 6.34. The lowest BCUT2D eigenvalue weighted by molar-refractivity contribution is -0.274. The number of alkyl halides is 3. The van der Waals surface area contributed by atoms with E-state index in [2.05, 4.69) is 14.7 Å². The molecule has 0 spiro atoms. The molecule has 0 unspecified atom stereocenters. The van der Waals surface area contributed by atoms with Crippen molar-refractivity contribution in [3.63, 3.8) is 0 Å². The van der Waals surface area contributed by atoms with Gasteiger partial charge >= 0.3 is 6.36 Å². The van der Waals surface area contributed by atoms with Crippen molar-refractivity contribution >= 4 is 11.8 Å². The lowest BCUT2D eigenvalue weighted by atomic mass is 10.0. The van der Waals surface area contributed by atoms with Crippen LogP contribution in [0.15, 0.2) is 28.2 Å². The Kier molecular flexibility index (Phi) is 4.65. The summed E-state index contributed by atoms with van der Waals surface area (Å²) < 4.78 is 41.1. The van der Waals surface area contributed by atoms with E-state index < -0.39 is 17.7 Å². The second-order valence-electron chi connectivity index (χ2n) is 4.49. The van der Waals surface area contributed by atoms with Crippen LogP contribution in [0.2, 0.25) is 0 Å². The van der Waals surface area contributed by atoms with Crippen LogP contribution < -0.4 is 10.3 Å². The fraction of sp³-hybridized carbons (Fsp3) is 0.214. The zero-order chi connectivity index (χ0) is 17.2. The fourth-order valence-corrected chi connectivity index (χ4v) is 2.32. The summed E-state index contributed by atoms with van der Waals surface area (Å²) in [5.74, 6) is -0.441. The molecule has 0 atom stereocenters. The van der Waals surface area contributed by atoms with E-state index >= 15 is 0 Å². The molecule has 0 aliphatic rings. The minimum Gasteiger partial charge on any atom is -0.406 e. The highest BCUT2D eigenvalue weighted by Crippen LogP contribution is 2.30. The molecular formula is C14H10F3N3O2S. The molecular weight excluding hydrogens is 331 g/mol. The third-order valence-corrected chi connectivity index (χ3v) is 3.34. The predicted octanol–water partition coefficient (Wildman–Crippen LogP) is 3.24. The largest absolute Gasteiger partial charge is 0.573 e. The topological polar surface area (TPSA) is 78.8 Å². The molecule has 2 rings (SSSR count). The van der Waals surface area contributed by atoms with Crippen LogP contribution in [0.4, 0.5) is 13.2 Å². The number of halogens is 3. The van der Waals surface area contributed by atoms with Crippen LogP contribution in [0.5, 0.6) is 5.75 Å². The lowest BCUT2D eigenvalue weighted by Crippen LogP contribution is -2.17. The van der Waals surface area contributed by atoms with Crippen molar-refractivity contribution in [1.29, 1.82) is 5.26 Å². The van der Waals surface area contributed by atoms with Crippen LogP contribution in [-0.2, 0) is 0 Å². The Hall–Kier alpha value is -2.47. The number of rotatable bonds is 3. The highest BCUT2D eigenvalue weighted by Gasteiger charge is 2.31. The van der Waals surface area contributed by atoms with Gasteiger partial charge in [0.15, 0.2) is 5.16 Å². The van der Waals surface area contributed by atoms with Gasteiger partial charge < -0.3 is 9.72 Å². The summed E-state index contributed by atoms with van der Waals surface area (Å²) in [6.45, 7) is 1.57. The number of hydrogen-bond donors (Lipinski definition) is 1. The fourth-order valence-electron chi connectivity index (χ4n) is 1.94. The van der Waals surface area contributed by atoms with Crippen LogP contribution >= 0.6 is 11.8 Å². The van der Waals surface area contributed by atoms with Gasteiger partial charge in [-0.05, 0) is 36.9 Å². The number of ether oxygens (including phenoxy) is 1. The highest BCUT2D eigenvalue weighted by molar-refractivity contribution is 7.98. The van der Waals surface area contributed by atoms with Crippen LogP contribution in [0.3, 0.4) is 0 Å². The first-order valence-electron chi connectivity index (χ1n) is 6.19. The first kappa shape index (κ1) is 16.9. The van der Waals surface area contributed by atoms with Gasteiger partial charge in [0.25, 0.3) is 5.56 Å². The zero-order valence-corrected chi connectivity index (χ0v) is 12.8. The summed E-state index contributed by atoms with van der Waals surface area (Å²) in [5.41, 5.74) is -0.245. The number of nitrogens with zero attached hydrogens (tertiary/aromatic N) is 2. The van der Waals surface area contributed by atoms with Crippen molar-refractivity contribution in [2.24, 2.45) is 0 Å². The van der Waals surface area contributed by atoms with Gasteiger partial charge in [-0.25, -0.2) is 4.98 Å². The average Bonchev–Trinajstić information content (AvgIpc) is 2.43. The Morgan fingerprint density at radius 2 is 2.04 bits per heavy atom. The predicted molar refractivity (Wildman–Crippen MR) is 78.2 cm³/mol. The minimum atomic E-state index is -4.84. The van der Waals surface area contributed by atoms with E-state index in [1.165, 1.54) is 12.1 Å². The number of nitriles is 1. The first-order valence-corrected chi connectivity index (χ1v) is 7.42. The van der Waals surface area contributed by atoms with Crippen molar-refractivity contribution in [3.8, 4) is 23.1 Å². The Balaban J connectivity index is 2.65. The molecule has 0 aliphatic heterocycles. The maximum absolute atomic E-state index is 12.4. The zero-order valence-electron chi connectivity index (χ0n) is 12.0. The molecule has 23 heavy (non-hydrogen) atoms. The number of aryl methyl sites for hydroxylation is 1. The maximum atomic E-state index is 12.4. The smallest absolute Gasteiger partial charge is 0.406 e. The van der Waals surface area contributed by atoms with E-state index in [-0.39, 0.29) is 22.0 Å². The molecule has 1 heterocycles. The Bertz CT molecular complexity index is 841. The Morgan fingerprint density at radius 1 is 1.35 bits per heavy atom. The number of benzene rings is 1. The SMILES string of the molecule is CSc1nc(-c2cc(C)cc(OC(F)(F)F)c2)c(C#N)c(=O)[nH]1. The maximum Gasteiger partial charge on any atom is 0.573 e. The minimum absolute atomic E-state index is 0.0105. The molecule has 1 aromatic carbocycles. The van der Waals surface area contributed by atoms with E-state index in [0.29, 0.717) is 5.56 Å². The van der Waals surface area contributed by atoms with Gasteiger partial charge in [0.1, 0.15) is 17.4 Å². The Labute approximate surface area is 133 Å². The van der Waals surface area contributed by atoms with E-state index in [1.807, 2.05) is 0 Å². The molecule has 5 nitrogen and oxygen atoms in total. The number of aromatic nitrogens is 2. The van der Waals surface area contributed by atoms with Gasteiger partial charge in [0.2, 0.25) is 0 Å². The highest BCUT2D eigenvalue weighted by atomic mass is 32.2. The van der Waals surface area contributed by atoms with Crippen LogP contribution in [0.25, 0.3) is 11.3 Å². The standard InChI is InChI=1S/C14H10F3N3O2S/c1-7-3-8(5-9(4-7)22-14(15,16)17)11-10(6-18)12(21)20-13(19-11)23-2/h3-5H,1-2H3,(H,19,20,21). The van der Waals surface area contributed by atoms with E-state index in [9.17, 15) is 18.0 Å². The number of hydrogen-bond acceptors (Lipinski definition) is 5. The molecule has 0 saturated carbocycles. The summed E-state index contributed by atoms with van der Waals surface area (Å²) >= 11 is 1.14. The van der Waals surface area contributed by atoms with E-state index in [1.54, 1.807) is 19.2 Å². The number of H-pyrrole nitrogens is 1. The monoisotopic (exact) mass is 341 g/mol. The summed E-state index contributed by atoms with van der Waals surface area (Å²) in [6, 6.07) is 5.54. The van der Waals surface area contributed by atoms with Gasteiger partial charge in [-0.1, -0.05) is 11.8 Å². The van der Waals surface area contributed by atoms with E-state index in [4.69, 9.17) is 5.26 Å². The van der Waals surface area contributed by atoms with Crippen LogP contribution in [-0.4, -0.2) is 22.6 Å². The number of thioether (sulfide) groups is 1. The molecule has 0 radical (unpaired) electrons. The molecule has 120 valence electrons. The van der Waals surface area contributed by atoms with E-state index in [0.717, 1.165) is 17.8 Å². The first-order chi connectivity index (χ1) is 10.7. The molecule has 0 aliphatic carbocycles. The Morgan fingerprint density at radius 3 is 2.61 bits per heavy atom. The molecule has 1 aromatic heterocycles. The lowest BCUT2D eigenvalue weighted by Gasteiger charge is -2.12. The quantitative estimate of drug-likeness (QED) is 0.685.